The fourth-order valence-corrected chi connectivity index (χ4v) is 6.68. The molecule has 1 amide bonds. The van der Waals surface area contributed by atoms with Crippen molar-refractivity contribution < 1.29 is 62.2 Å². The Kier molecular flexibility index (Phi) is 12.9. The second-order valence-electron chi connectivity index (χ2n) is 11.2. The van der Waals surface area contributed by atoms with Gasteiger partial charge in [0.15, 0.2) is 5.69 Å². The number of alkyl halides is 6. The van der Waals surface area contributed by atoms with E-state index in [9.17, 15) is 57.6 Å². The van der Waals surface area contributed by atoms with Gasteiger partial charge in [-0.25, -0.2) is 4.68 Å². The Labute approximate surface area is 282 Å². The number of hydrogen-bond donors (Lipinski definition) is 4. The van der Waals surface area contributed by atoms with Gasteiger partial charge in [0.25, 0.3) is 26.1 Å². The molecule has 1 aliphatic rings. The predicted octanol–water partition coefficient (Wildman–Crippen LogP) is 6.24. The highest BCUT2D eigenvalue weighted by atomic mass is 35.5. The molecule has 0 saturated heterocycles. The molecule has 11 nitrogen and oxygen atoms in total. The lowest BCUT2D eigenvalue weighted by molar-refractivity contribution is -0.135. The monoisotopic (exact) mass is 763 g/mol. The van der Waals surface area contributed by atoms with E-state index >= 15 is 0 Å². The normalized spacial score (nSPS) is 17.9. The van der Waals surface area contributed by atoms with Gasteiger partial charge < -0.3 is 10.4 Å². The summed E-state index contributed by atoms with van der Waals surface area (Å²) in [6, 6.07) is 11.5. The number of aliphatic hydroxyl groups excluding tert-OH is 1. The van der Waals surface area contributed by atoms with Crippen LogP contribution in [0.2, 0.25) is 5.02 Å². The van der Waals surface area contributed by atoms with Gasteiger partial charge >= 0.3 is 12.4 Å². The molecule has 1 unspecified atom stereocenters. The molecule has 4 N–H and O–H groups in total. The summed E-state index contributed by atoms with van der Waals surface area (Å²) in [5.74, 6) is -1.77. The minimum atomic E-state index is -5.05. The number of aromatic nitrogens is 2. The molecule has 1 heterocycles. The molecule has 0 spiro atoms. The van der Waals surface area contributed by atoms with E-state index in [1.807, 2.05) is 0 Å². The molecular formula is C29H32ClF6N3O8S2. The van der Waals surface area contributed by atoms with Crippen LogP contribution in [0.3, 0.4) is 0 Å². The molecule has 20 heteroatoms. The molecule has 0 radical (unpaired) electrons. The average Bonchev–Trinajstić information content (AvgIpc) is 3.32. The molecule has 2 aromatic carbocycles. The molecule has 3 atom stereocenters. The van der Waals surface area contributed by atoms with Crippen LogP contribution in [-0.4, -0.2) is 77.0 Å². The van der Waals surface area contributed by atoms with Crippen LogP contribution in [0.25, 0.3) is 16.9 Å². The number of halogens is 7. The molecule has 3 aromatic rings. The summed E-state index contributed by atoms with van der Waals surface area (Å²) in [5.41, 5.74) is 1.52. The second-order valence-corrected chi connectivity index (χ2v) is 14.8. The standard InChI is InChI=1S/C26H27ClF3N3O5S.C3H5F3O3S/c1-15-23(25(35)31-19-7-3-5-9-21(19)34)32-33(20-8-4-2-6-18(20)27)24(15)17-12-10-16(11-13-17)22(39(36,37)38)14-26(28,29)30;4-3(5,6)1-2-10(7,8)9/h2,4,6,8,10-13,19,21-22,34H,3,5,7,9,14H2,1H3,(H,31,35)(H,36,37,38);1-2H2,(H,7,8,9)/t19-,21+,22?;/m1./s1. The van der Waals surface area contributed by atoms with Crippen LogP contribution in [0.1, 0.15) is 65.4 Å². The van der Waals surface area contributed by atoms with Gasteiger partial charge in [0, 0.05) is 11.1 Å². The summed E-state index contributed by atoms with van der Waals surface area (Å²) in [6.07, 6.45) is -10.4. The molecule has 272 valence electrons. The first-order chi connectivity index (χ1) is 22.5. The summed E-state index contributed by atoms with van der Waals surface area (Å²) in [5, 5.41) is 15.8. The van der Waals surface area contributed by atoms with Crippen molar-refractivity contribution in [1.29, 1.82) is 0 Å². The number of carbonyl (C=O) groups is 1. The van der Waals surface area contributed by atoms with E-state index in [-0.39, 0.29) is 11.3 Å². The van der Waals surface area contributed by atoms with E-state index in [1.165, 1.54) is 28.9 Å². The number of hydrogen-bond acceptors (Lipinski definition) is 7. The zero-order valence-electron chi connectivity index (χ0n) is 25.5. The van der Waals surface area contributed by atoms with Crippen molar-refractivity contribution in [2.45, 2.75) is 75.2 Å². The third kappa shape index (κ3) is 12.0. The number of nitrogens with one attached hydrogen (secondary N) is 1. The molecule has 0 bridgehead atoms. The Bertz CT molecular complexity index is 1830. The van der Waals surface area contributed by atoms with E-state index in [1.54, 1.807) is 31.2 Å². The minimum absolute atomic E-state index is 0.0691. The Balaban J connectivity index is 0.000000565. The van der Waals surface area contributed by atoms with Crippen LogP contribution in [0.15, 0.2) is 48.5 Å². The van der Waals surface area contributed by atoms with Gasteiger partial charge in [0.2, 0.25) is 0 Å². The molecule has 1 saturated carbocycles. The summed E-state index contributed by atoms with van der Waals surface area (Å²) in [7, 11) is -9.53. The van der Waals surface area contributed by atoms with Crippen LogP contribution in [0, 0.1) is 6.92 Å². The Morgan fingerprint density at radius 3 is 2.06 bits per heavy atom. The van der Waals surface area contributed by atoms with Gasteiger partial charge in [-0.15, -0.1) is 0 Å². The van der Waals surface area contributed by atoms with Crippen molar-refractivity contribution >= 4 is 37.7 Å². The number of rotatable bonds is 9. The van der Waals surface area contributed by atoms with Gasteiger partial charge in [-0.3, -0.25) is 13.9 Å². The number of aliphatic hydroxyl groups is 1. The number of para-hydroxylation sites is 1. The maximum atomic E-state index is 13.2. The molecular weight excluding hydrogens is 732 g/mol. The van der Waals surface area contributed by atoms with E-state index < -0.39 is 74.5 Å². The SMILES string of the molecule is Cc1c(C(=O)N[C@@H]2CCCC[C@@H]2O)nn(-c2ccccc2Cl)c1-c1ccc(C(CC(F)(F)F)S(=O)(=O)O)cc1.O=S(=O)(O)CCC(F)(F)F. The molecule has 1 aromatic heterocycles. The lowest BCUT2D eigenvalue weighted by Crippen LogP contribution is -2.45. The lowest BCUT2D eigenvalue weighted by atomic mass is 9.92. The Morgan fingerprint density at radius 1 is 0.980 bits per heavy atom. The first-order valence-electron chi connectivity index (χ1n) is 14.5. The van der Waals surface area contributed by atoms with Crippen LogP contribution in [0.4, 0.5) is 26.3 Å². The van der Waals surface area contributed by atoms with Crippen LogP contribution in [0.5, 0.6) is 0 Å². The van der Waals surface area contributed by atoms with Crippen molar-refractivity contribution in [3.8, 4) is 16.9 Å². The first kappa shape index (κ1) is 40.2. The maximum Gasteiger partial charge on any atom is 0.390 e. The van der Waals surface area contributed by atoms with Gasteiger partial charge in [-0.1, -0.05) is 60.8 Å². The maximum absolute atomic E-state index is 13.2. The number of nitrogens with zero attached hydrogens (tertiary/aromatic N) is 2. The topological polar surface area (TPSA) is 176 Å². The highest BCUT2D eigenvalue weighted by Gasteiger charge is 2.39. The summed E-state index contributed by atoms with van der Waals surface area (Å²) < 4.78 is 134. The summed E-state index contributed by atoms with van der Waals surface area (Å²) in [4.78, 5) is 13.2. The second kappa shape index (κ2) is 15.8. The fraction of sp³-hybridized carbons (Fsp3) is 0.448. The Hall–Kier alpha value is -3.23. The highest BCUT2D eigenvalue weighted by Crippen LogP contribution is 2.37. The number of amides is 1. The smallest absolute Gasteiger partial charge is 0.390 e. The summed E-state index contributed by atoms with van der Waals surface area (Å²) in [6.45, 7) is 1.65. The predicted molar refractivity (Wildman–Crippen MR) is 167 cm³/mol. The Morgan fingerprint density at radius 2 is 1.57 bits per heavy atom. The largest absolute Gasteiger partial charge is 0.391 e. The first-order valence-corrected chi connectivity index (χ1v) is 17.9. The van der Waals surface area contributed by atoms with E-state index in [0.717, 1.165) is 12.8 Å². The van der Waals surface area contributed by atoms with E-state index in [2.05, 4.69) is 10.4 Å². The molecule has 49 heavy (non-hydrogen) atoms. The van der Waals surface area contributed by atoms with Crippen molar-refractivity contribution in [2.24, 2.45) is 0 Å². The third-order valence-electron chi connectivity index (χ3n) is 7.44. The molecule has 4 rings (SSSR count). The number of benzene rings is 2. The van der Waals surface area contributed by atoms with Crippen molar-refractivity contribution in [2.75, 3.05) is 5.75 Å². The van der Waals surface area contributed by atoms with Crippen LogP contribution in [-0.2, 0) is 20.2 Å². The third-order valence-corrected chi connectivity index (χ3v) is 9.64. The molecule has 1 aliphatic carbocycles. The van der Waals surface area contributed by atoms with Gasteiger partial charge in [0.05, 0.1) is 47.1 Å². The van der Waals surface area contributed by atoms with E-state index in [0.29, 0.717) is 40.4 Å². The zero-order valence-corrected chi connectivity index (χ0v) is 27.9. The average molecular weight is 764 g/mol. The molecule has 0 aliphatic heterocycles. The lowest BCUT2D eigenvalue weighted by Gasteiger charge is -2.28. The van der Waals surface area contributed by atoms with Crippen molar-refractivity contribution in [3.05, 3.63) is 70.4 Å². The van der Waals surface area contributed by atoms with Gasteiger partial charge in [0.1, 0.15) is 5.25 Å². The van der Waals surface area contributed by atoms with E-state index in [4.69, 9.17) is 16.2 Å². The molecule has 1 fully saturated rings. The quantitative estimate of drug-likeness (QED) is 0.145. The van der Waals surface area contributed by atoms with Gasteiger partial charge in [-0.2, -0.15) is 48.3 Å². The fourth-order valence-electron chi connectivity index (χ4n) is 5.07. The van der Waals surface area contributed by atoms with Gasteiger partial charge in [-0.05, 0) is 37.5 Å². The van der Waals surface area contributed by atoms with Crippen LogP contribution < -0.4 is 5.32 Å². The van der Waals surface area contributed by atoms with Crippen molar-refractivity contribution in [1.82, 2.24) is 15.1 Å². The number of carbonyl (C=O) groups excluding carboxylic acids is 1. The highest BCUT2D eigenvalue weighted by molar-refractivity contribution is 7.86. The van der Waals surface area contributed by atoms with Crippen LogP contribution >= 0.6 is 11.6 Å². The zero-order chi connectivity index (χ0) is 36.9. The minimum Gasteiger partial charge on any atom is -0.391 e. The van der Waals surface area contributed by atoms with Crippen molar-refractivity contribution in [3.63, 3.8) is 0 Å². The summed E-state index contributed by atoms with van der Waals surface area (Å²) >= 11 is 6.42.